The van der Waals surface area contributed by atoms with E-state index in [0.717, 1.165) is 35.9 Å². The van der Waals surface area contributed by atoms with Gasteiger partial charge in [-0.3, -0.25) is 4.98 Å². The zero-order valence-corrected chi connectivity index (χ0v) is 13.1. The van der Waals surface area contributed by atoms with Gasteiger partial charge < -0.3 is 10.1 Å². The van der Waals surface area contributed by atoms with E-state index in [-0.39, 0.29) is 6.04 Å². The number of hydrogen-bond acceptors (Lipinski definition) is 3. The minimum atomic E-state index is 0.221. The van der Waals surface area contributed by atoms with Crippen molar-refractivity contribution in [3.05, 3.63) is 57.9 Å². The fraction of sp³-hybridized carbons (Fsp3) is 0.353. The molecule has 2 heterocycles. The Bertz CT molecular complexity index is 657. The van der Waals surface area contributed by atoms with Gasteiger partial charge in [-0.25, -0.2) is 0 Å². The summed E-state index contributed by atoms with van der Waals surface area (Å²) in [6.45, 7) is 2.76. The fourth-order valence-electron chi connectivity index (χ4n) is 2.89. The summed E-state index contributed by atoms with van der Waals surface area (Å²) in [7, 11) is 1.98. The summed E-state index contributed by atoms with van der Waals surface area (Å²) in [6.07, 6.45) is 3.65. The number of pyridine rings is 1. The highest BCUT2D eigenvalue weighted by molar-refractivity contribution is 6.30. The number of nitrogens with one attached hydrogen (secondary N) is 1. The van der Waals surface area contributed by atoms with Crippen molar-refractivity contribution < 1.29 is 4.74 Å². The highest BCUT2D eigenvalue weighted by Crippen LogP contribution is 2.35. The van der Waals surface area contributed by atoms with Crippen LogP contribution >= 0.6 is 11.6 Å². The van der Waals surface area contributed by atoms with E-state index in [1.165, 1.54) is 16.7 Å². The van der Waals surface area contributed by atoms with Crippen LogP contribution in [0.4, 0.5) is 0 Å². The number of benzene rings is 1. The second-order valence-electron chi connectivity index (χ2n) is 5.43. The maximum atomic E-state index is 6.24. The number of aromatic nitrogens is 1. The lowest BCUT2D eigenvalue weighted by Gasteiger charge is -2.19. The van der Waals surface area contributed by atoms with Crippen LogP contribution in [0.2, 0.25) is 5.02 Å². The zero-order chi connectivity index (χ0) is 14.8. The van der Waals surface area contributed by atoms with Crippen molar-refractivity contribution in [2.75, 3.05) is 13.7 Å². The summed E-state index contributed by atoms with van der Waals surface area (Å²) in [6, 6.07) is 8.42. The fourth-order valence-corrected chi connectivity index (χ4v) is 3.15. The lowest BCUT2D eigenvalue weighted by atomic mass is 9.97. The molecule has 110 valence electrons. The predicted octanol–water partition coefficient (Wildman–Crippen LogP) is 3.48. The lowest BCUT2D eigenvalue weighted by Crippen LogP contribution is -2.19. The first-order chi connectivity index (χ1) is 10.2. The maximum absolute atomic E-state index is 6.24. The van der Waals surface area contributed by atoms with E-state index in [4.69, 9.17) is 16.3 Å². The molecular weight excluding hydrogens is 284 g/mol. The quantitative estimate of drug-likeness (QED) is 0.939. The summed E-state index contributed by atoms with van der Waals surface area (Å²) < 4.78 is 5.79. The van der Waals surface area contributed by atoms with Crippen molar-refractivity contribution in [2.45, 2.75) is 25.8 Å². The average molecular weight is 303 g/mol. The van der Waals surface area contributed by atoms with Gasteiger partial charge in [-0.2, -0.15) is 0 Å². The monoisotopic (exact) mass is 302 g/mol. The van der Waals surface area contributed by atoms with Gasteiger partial charge in [0.25, 0.3) is 0 Å². The van der Waals surface area contributed by atoms with Crippen LogP contribution in [0.5, 0.6) is 5.75 Å². The van der Waals surface area contributed by atoms with Crippen molar-refractivity contribution in [1.29, 1.82) is 0 Å². The number of nitrogens with zero attached hydrogens (tertiary/aromatic N) is 1. The number of aryl methyl sites for hydroxylation is 1. The number of hydrogen-bond donors (Lipinski definition) is 1. The molecule has 0 fully saturated rings. The minimum absolute atomic E-state index is 0.221. The van der Waals surface area contributed by atoms with E-state index < -0.39 is 0 Å². The highest BCUT2D eigenvalue weighted by atomic mass is 35.5. The summed E-state index contributed by atoms with van der Waals surface area (Å²) in [5, 5.41) is 4.17. The third-order valence-electron chi connectivity index (χ3n) is 3.92. The first kappa shape index (κ1) is 14.4. The molecule has 0 aliphatic carbocycles. The van der Waals surface area contributed by atoms with E-state index in [2.05, 4.69) is 22.4 Å². The van der Waals surface area contributed by atoms with E-state index >= 15 is 0 Å². The Kier molecular flexibility index (Phi) is 4.13. The Morgan fingerprint density at radius 2 is 2.24 bits per heavy atom. The van der Waals surface area contributed by atoms with Crippen molar-refractivity contribution in [1.82, 2.24) is 10.3 Å². The molecule has 21 heavy (non-hydrogen) atoms. The molecular formula is C17H19ClN2O. The molecule has 3 rings (SSSR count). The van der Waals surface area contributed by atoms with Crippen molar-refractivity contribution in [3.8, 4) is 5.75 Å². The molecule has 1 atom stereocenters. The van der Waals surface area contributed by atoms with Crippen LogP contribution in [0, 0.1) is 6.92 Å². The van der Waals surface area contributed by atoms with Gasteiger partial charge in [0.05, 0.1) is 6.61 Å². The van der Waals surface area contributed by atoms with Crippen LogP contribution in [0.1, 0.15) is 28.4 Å². The van der Waals surface area contributed by atoms with Crippen LogP contribution in [0.3, 0.4) is 0 Å². The standard InChI is InChI=1S/C17H19ClN2O/c1-11-7-12(3-5-20-11)16(19-2)10-14-9-15(18)8-13-4-6-21-17(13)14/h3,5,7-9,16,19H,4,6,10H2,1-2H3. The third-order valence-corrected chi connectivity index (χ3v) is 4.14. The Hall–Kier alpha value is -1.58. The number of halogens is 1. The summed E-state index contributed by atoms with van der Waals surface area (Å²) in [5.74, 6) is 1.02. The molecule has 0 spiro atoms. The summed E-state index contributed by atoms with van der Waals surface area (Å²) in [4.78, 5) is 4.26. The molecule has 0 saturated heterocycles. The maximum Gasteiger partial charge on any atom is 0.125 e. The van der Waals surface area contributed by atoms with Gasteiger partial charge in [0, 0.05) is 29.4 Å². The predicted molar refractivity (Wildman–Crippen MR) is 85.1 cm³/mol. The zero-order valence-electron chi connectivity index (χ0n) is 12.3. The van der Waals surface area contributed by atoms with Gasteiger partial charge in [-0.05, 0) is 61.3 Å². The van der Waals surface area contributed by atoms with E-state index in [0.29, 0.717) is 0 Å². The first-order valence-corrected chi connectivity index (χ1v) is 7.59. The molecule has 1 N–H and O–H groups in total. The normalized spacial score (nSPS) is 14.6. The van der Waals surface area contributed by atoms with Gasteiger partial charge in [-0.15, -0.1) is 0 Å². The molecule has 4 heteroatoms. The molecule has 1 aromatic carbocycles. The summed E-state index contributed by atoms with van der Waals surface area (Å²) >= 11 is 6.24. The van der Waals surface area contributed by atoms with Gasteiger partial charge in [-0.1, -0.05) is 11.6 Å². The van der Waals surface area contributed by atoms with Crippen LogP contribution in [0.25, 0.3) is 0 Å². The van der Waals surface area contributed by atoms with Crippen LogP contribution in [-0.4, -0.2) is 18.6 Å². The SMILES string of the molecule is CNC(Cc1cc(Cl)cc2c1OCC2)c1ccnc(C)c1. The van der Waals surface area contributed by atoms with Crippen molar-refractivity contribution in [2.24, 2.45) is 0 Å². The topological polar surface area (TPSA) is 34.1 Å². The van der Waals surface area contributed by atoms with Crippen LogP contribution in [0.15, 0.2) is 30.5 Å². The minimum Gasteiger partial charge on any atom is -0.493 e. The number of fused-ring (bicyclic) bond motifs is 1. The molecule has 0 saturated carbocycles. The number of ether oxygens (including phenoxy) is 1. The van der Waals surface area contributed by atoms with E-state index in [9.17, 15) is 0 Å². The number of rotatable bonds is 4. The first-order valence-electron chi connectivity index (χ1n) is 7.21. The molecule has 1 aliphatic heterocycles. The van der Waals surface area contributed by atoms with Crippen molar-refractivity contribution in [3.63, 3.8) is 0 Å². The smallest absolute Gasteiger partial charge is 0.125 e. The Morgan fingerprint density at radius 3 is 3.00 bits per heavy atom. The second kappa shape index (κ2) is 6.04. The molecule has 3 nitrogen and oxygen atoms in total. The average Bonchev–Trinajstić information content (AvgIpc) is 2.92. The largest absolute Gasteiger partial charge is 0.493 e. The Balaban J connectivity index is 1.91. The van der Waals surface area contributed by atoms with Gasteiger partial charge >= 0.3 is 0 Å². The van der Waals surface area contributed by atoms with E-state index in [1.54, 1.807) is 0 Å². The van der Waals surface area contributed by atoms with Crippen molar-refractivity contribution >= 4 is 11.6 Å². The third kappa shape index (κ3) is 3.04. The lowest BCUT2D eigenvalue weighted by molar-refractivity contribution is 0.352. The summed E-state index contributed by atoms with van der Waals surface area (Å²) in [5.41, 5.74) is 4.65. The van der Waals surface area contributed by atoms with E-state index in [1.807, 2.05) is 32.3 Å². The van der Waals surface area contributed by atoms with Gasteiger partial charge in [0.2, 0.25) is 0 Å². The number of likely N-dealkylation sites (N-methyl/N-ethyl adjacent to an activating group) is 1. The second-order valence-corrected chi connectivity index (χ2v) is 5.86. The van der Waals surface area contributed by atoms with Gasteiger partial charge in [0.15, 0.2) is 0 Å². The molecule has 1 unspecified atom stereocenters. The molecule has 0 amide bonds. The molecule has 1 aliphatic rings. The molecule has 1 aromatic heterocycles. The van der Waals surface area contributed by atoms with Crippen LogP contribution in [-0.2, 0) is 12.8 Å². The van der Waals surface area contributed by atoms with Gasteiger partial charge in [0.1, 0.15) is 5.75 Å². The molecule has 0 radical (unpaired) electrons. The van der Waals surface area contributed by atoms with Crippen LogP contribution < -0.4 is 10.1 Å². The molecule has 2 aromatic rings. The molecule has 0 bridgehead atoms. The Morgan fingerprint density at radius 1 is 1.38 bits per heavy atom. The Labute approximate surface area is 130 Å². The highest BCUT2D eigenvalue weighted by Gasteiger charge is 2.20.